The van der Waals surface area contributed by atoms with E-state index in [0.29, 0.717) is 11.3 Å². The van der Waals surface area contributed by atoms with Gasteiger partial charge >= 0.3 is 0 Å². The minimum Gasteiger partial charge on any atom is -0.394 e. The number of rotatable bonds is 3. The van der Waals surface area contributed by atoms with Crippen molar-refractivity contribution < 1.29 is 13.9 Å². The Balaban J connectivity index is 1.78. The Labute approximate surface area is 155 Å². The van der Waals surface area contributed by atoms with Gasteiger partial charge in [0.15, 0.2) is 5.43 Å². The van der Waals surface area contributed by atoms with Crippen molar-refractivity contribution in [3.63, 3.8) is 0 Å². The first-order valence-corrected chi connectivity index (χ1v) is 8.99. The van der Waals surface area contributed by atoms with Gasteiger partial charge in [0.05, 0.1) is 29.2 Å². The summed E-state index contributed by atoms with van der Waals surface area (Å²) in [6, 6.07) is 9.62. The number of aliphatic hydroxyl groups excluding tert-OH is 1. The van der Waals surface area contributed by atoms with E-state index < -0.39 is 17.1 Å². The number of H-pyrrole nitrogens is 1. The van der Waals surface area contributed by atoms with Gasteiger partial charge in [0.1, 0.15) is 11.6 Å². The molecule has 0 spiro atoms. The largest absolute Gasteiger partial charge is 0.394 e. The van der Waals surface area contributed by atoms with Crippen molar-refractivity contribution in [1.29, 1.82) is 0 Å². The van der Waals surface area contributed by atoms with E-state index >= 15 is 0 Å². The summed E-state index contributed by atoms with van der Waals surface area (Å²) in [7, 11) is 0. The average molecular weight is 370 g/mol. The van der Waals surface area contributed by atoms with Gasteiger partial charge in [-0.25, -0.2) is 8.78 Å². The number of nitrogens with one attached hydrogen (secondary N) is 1. The van der Waals surface area contributed by atoms with Crippen LogP contribution in [0.25, 0.3) is 22.2 Å². The third-order valence-corrected chi connectivity index (χ3v) is 5.33. The first-order chi connectivity index (χ1) is 13.0. The molecule has 0 radical (unpaired) electrons. The molecule has 0 saturated carbocycles. The lowest BCUT2D eigenvalue weighted by molar-refractivity contribution is 0.266. The van der Waals surface area contributed by atoms with Gasteiger partial charge in [-0.3, -0.25) is 4.79 Å². The Bertz CT molecular complexity index is 1060. The number of pyridine rings is 1. The van der Waals surface area contributed by atoms with Crippen LogP contribution in [0.1, 0.15) is 18.4 Å². The fraction of sp³-hybridized carbons (Fsp3) is 0.286. The molecule has 3 aromatic rings. The molecule has 0 unspecified atom stereocenters. The number of benzene rings is 2. The molecule has 6 heteroatoms. The lowest BCUT2D eigenvalue weighted by atomic mass is 10.0. The maximum Gasteiger partial charge on any atom is 0.195 e. The molecule has 0 bridgehead atoms. The third-order valence-electron chi connectivity index (χ3n) is 5.33. The molecule has 2 N–H and O–H groups in total. The van der Waals surface area contributed by atoms with E-state index in [4.69, 9.17) is 0 Å². The number of aromatic nitrogens is 1. The van der Waals surface area contributed by atoms with Gasteiger partial charge in [0.25, 0.3) is 0 Å². The number of hydrogen-bond acceptors (Lipinski definition) is 3. The van der Waals surface area contributed by atoms with Crippen molar-refractivity contribution in [2.24, 2.45) is 0 Å². The number of fused-ring (bicyclic) bond motifs is 1. The smallest absolute Gasteiger partial charge is 0.195 e. The molecule has 140 valence electrons. The molecule has 1 fully saturated rings. The zero-order chi connectivity index (χ0) is 19.1. The van der Waals surface area contributed by atoms with Crippen LogP contribution in [0.4, 0.5) is 14.5 Å². The summed E-state index contributed by atoms with van der Waals surface area (Å²) in [4.78, 5) is 17.8. The zero-order valence-corrected chi connectivity index (χ0v) is 14.9. The summed E-state index contributed by atoms with van der Waals surface area (Å²) in [5.74, 6) is -1.59. The van der Waals surface area contributed by atoms with Gasteiger partial charge in [-0.05, 0) is 43.5 Å². The average Bonchev–Trinajstić information content (AvgIpc) is 3.13. The SMILES string of the molecule is Cc1c(-c2ccc(N3CCC[C@@H]3CO)cc2)[nH]c2cc(F)cc(F)c2c1=O. The van der Waals surface area contributed by atoms with E-state index in [-0.39, 0.29) is 23.6 Å². The van der Waals surface area contributed by atoms with Crippen molar-refractivity contribution in [2.45, 2.75) is 25.8 Å². The fourth-order valence-corrected chi connectivity index (χ4v) is 3.91. The summed E-state index contributed by atoms with van der Waals surface area (Å²) < 4.78 is 27.6. The second-order valence-electron chi connectivity index (χ2n) is 6.98. The quantitative estimate of drug-likeness (QED) is 0.738. The van der Waals surface area contributed by atoms with E-state index in [1.807, 2.05) is 24.3 Å². The van der Waals surface area contributed by atoms with Gasteiger partial charge in [-0.1, -0.05) is 12.1 Å². The highest BCUT2D eigenvalue weighted by atomic mass is 19.1. The van der Waals surface area contributed by atoms with E-state index in [1.54, 1.807) is 6.92 Å². The maximum absolute atomic E-state index is 14.0. The van der Waals surface area contributed by atoms with Crippen LogP contribution in [0.5, 0.6) is 0 Å². The van der Waals surface area contributed by atoms with Crippen LogP contribution in [-0.2, 0) is 0 Å². The predicted molar refractivity (Wildman–Crippen MR) is 102 cm³/mol. The first kappa shape index (κ1) is 17.7. The minimum atomic E-state index is -0.861. The highest BCUT2D eigenvalue weighted by molar-refractivity contribution is 5.84. The Kier molecular flexibility index (Phi) is 4.44. The molecule has 27 heavy (non-hydrogen) atoms. The van der Waals surface area contributed by atoms with E-state index in [2.05, 4.69) is 9.88 Å². The summed E-state index contributed by atoms with van der Waals surface area (Å²) in [5, 5.41) is 9.37. The van der Waals surface area contributed by atoms with E-state index in [0.717, 1.165) is 42.8 Å². The maximum atomic E-state index is 14.0. The summed E-state index contributed by atoms with van der Waals surface area (Å²) >= 11 is 0. The highest BCUT2D eigenvalue weighted by Gasteiger charge is 2.24. The van der Waals surface area contributed by atoms with Gasteiger partial charge in [-0.15, -0.1) is 0 Å². The van der Waals surface area contributed by atoms with Gasteiger partial charge in [0.2, 0.25) is 0 Å². The fourth-order valence-electron chi connectivity index (χ4n) is 3.91. The second-order valence-corrected chi connectivity index (χ2v) is 6.98. The Morgan fingerprint density at radius 3 is 2.67 bits per heavy atom. The summed E-state index contributed by atoms with van der Waals surface area (Å²) in [5.41, 5.74) is 2.40. The Morgan fingerprint density at radius 2 is 1.96 bits per heavy atom. The monoisotopic (exact) mass is 370 g/mol. The molecule has 2 aromatic carbocycles. The topological polar surface area (TPSA) is 56.3 Å². The van der Waals surface area contributed by atoms with Crippen LogP contribution in [0.3, 0.4) is 0 Å². The highest BCUT2D eigenvalue weighted by Crippen LogP contribution is 2.29. The standard InChI is InChI=1S/C21H20F2N2O2/c1-12-20(24-18-10-14(22)9-17(23)19(18)21(12)27)13-4-6-15(7-5-13)25-8-2-3-16(25)11-26/h4-7,9-10,16,26H,2-3,8,11H2,1H3,(H,24,27)/t16-/m1/s1. The molecule has 4 nitrogen and oxygen atoms in total. The molecule has 1 aromatic heterocycles. The van der Waals surface area contributed by atoms with Crippen LogP contribution < -0.4 is 10.3 Å². The van der Waals surface area contributed by atoms with Crippen molar-refractivity contribution in [3.05, 3.63) is 63.8 Å². The summed E-state index contributed by atoms with van der Waals surface area (Å²) in [6.07, 6.45) is 2.01. The number of halogens is 2. The van der Waals surface area contributed by atoms with Gasteiger partial charge in [-0.2, -0.15) is 0 Å². The normalized spacial score (nSPS) is 17.0. The number of hydrogen-bond donors (Lipinski definition) is 2. The molecule has 1 saturated heterocycles. The van der Waals surface area contributed by atoms with Gasteiger partial charge < -0.3 is 15.0 Å². The lowest BCUT2D eigenvalue weighted by Crippen LogP contribution is -2.31. The molecule has 1 atom stereocenters. The number of aliphatic hydroxyl groups is 1. The minimum absolute atomic E-state index is 0.121. The van der Waals surface area contributed by atoms with Crippen molar-refractivity contribution in [3.8, 4) is 11.3 Å². The zero-order valence-electron chi connectivity index (χ0n) is 14.9. The van der Waals surface area contributed by atoms with Crippen molar-refractivity contribution >= 4 is 16.6 Å². The van der Waals surface area contributed by atoms with Crippen LogP contribution >= 0.6 is 0 Å². The van der Waals surface area contributed by atoms with Crippen molar-refractivity contribution in [1.82, 2.24) is 4.98 Å². The van der Waals surface area contributed by atoms with Crippen LogP contribution in [0.2, 0.25) is 0 Å². The van der Waals surface area contributed by atoms with Crippen LogP contribution in [0, 0.1) is 18.6 Å². The third kappa shape index (κ3) is 3.00. The molecular formula is C21H20F2N2O2. The van der Waals surface area contributed by atoms with Crippen molar-refractivity contribution in [2.75, 3.05) is 18.1 Å². The van der Waals surface area contributed by atoms with Crippen LogP contribution in [-0.4, -0.2) is 29.3 Å². The molecule has 0 aliphatic carbocycles. The van der Waals surface area contributed by atoms with Crippen LogP contribution in [0.15, 0.2) is 41.2 Å². The lowest BCUT2D eigenvalue weighted by Gasteiger charge is -2.25. The molecular weight excluding hydrogens is 350 g/mol. The Morgan fingerprint density at radius 1 is 1.22 bits per heavy atom. The number of nitrogens with zero attached hydrogens (tertiary/aromatic N) is 1. The first-order valence-electron chi connectivity index (χ1n) is 8.99. The second kappa shape index (κ2) is 6.78. The van der Waals surface area contributed by atoms with E-state index in [9.17, 15) is 18.7 Å². The predicted octanol–water partition coefficient (Wildman–Crippen LogP) is 3.74. The van der Waals surface area contributed by atoms with E-state index in [1.165, 1.54) is 0 Å². The molecule has 1 aliphatic heterocycles. The number of anilines is 1. The summed E-state index contributed by atoms with van der Waals surface area (Å²) in [6.45, 7) is 2.65. The number of aromatic amines is 1. The molecule has 1 aliphatic rings. The molecule has 2 heterocycles. The molecule has 4 rings (SSSR count). The van der Waals surface area contributed by atoms with Gasteiger partial charge in [0, 0.05) is 23.9 Å². The molecule has 0 amide bonds. The Hall–Kier alpha value is -2.73.